The quantitative estimate of drug-likeness (QED) is 0.781. The lowest BCUT2D eigenvalue weighted by atomic mass is 9.89. The maximum atomic E-state index is 3.96. The Morgan fingerprint density at radius 2 is 1.79 bits per heavy atom. The first-order valence-electron chi connectivity index (χ1n) is 8.67. The van der Waals surface area contributed by atoms with Gasteiger partial charge in [-0.3, -0.25) is 0 Å². The Kier molecular flexibility index (Phi) is 6.15. The molecule has 1 aliphatic carbocycles. The summed E-state index contributed by atoms with van der Waals surface area (Å²) in [6, 6.07) is 1.52. The minimum atomic E-state index is 0.720. The molecule has 112 valence electrons. The van der Waals surface area contributed by atoms with E-state index >= 15 is 0 Å². The first-order chi connectivity index (χ1) is 9.19. The lowest BCUT2D eigenvalue weighted by Gasteiger charge is -2.36. The molecule has 1 heterocycles. The minimum absolute atomic E-state index is 0.720. The number of rotatable bonds is 4. The van der Waals surface area contributed by atoms with E-state index in [1.807, 2.05) is 0 Å². The Hall–Kier alpha value is -0.0800. The highest BCUT2D eigenvalue weighted by Gasteiger charge is 2.25. The second-order valence-electron chi connectivity index (χ2n) is 7.04. The van der Waals surface area contributed by atoms with Crippen LogP contribution in [0, 0.1) is 11.8 Å². The summed E-state index contributed by atoms with van der Waals surface area (Å²) < 4.78 is 0. The monoisotopic (exact) mass is 266 g/mol. The number of hydrogen-bond acceptors (Lipinski definition) is 2. The number of likely N-dealkylation sites (tertiary alicyclic amines) is 1. The van der Waals surface area contributed by atoms with E-state index in [9.17, 15) is 0 Å². The standard InChI is InChI=1S/C17H34N2/c1-4-19-12-10-16(11-13-19)15(3)18-17-7-5-6-14(2)8-9-17/h14-18H,4-13H2,1-3H3. The van der Waals surface area contributed by atoms with Crippen LogP contribution in [-0.4, -0.2) is 36.6 Å². The third-order valence-corrected chi connectivity index (χ3v) is 5.54. The van der Waals surface area contributed by atoms with Gasteiger partial charge in [-0.25, -0.2) is 0 Å². The van der Waals surface area contributed by atoms with Crippen LogP contribution in [-0.2, 0) is 0 Å². The van der Waals surface area contributed by atoms with Crippen LogP contribution >= 0.6 is 0 Å². The molecule has 2 heteroatoms. The molecule has 2 aliphatic rings. The van der Waals surface area contributed by atoms with E-state index in [1.54, 1.807) is 0 Å². The van der Waals surface area contributed by atoms with Gasteiger partial charge in [-0.15, -0.1) is 0 Å². The zero-order valence-electron chi connectivity index (χ0n) is 13.3. The van der Waals surface area contributed by atoms with Gasteiger partial charge in [0.1, 0.15) is 0 Å². The summed E-state index contributed by atoms with van der Waals surface area (Å²) in [6.07, 6.45) is 9.90. The molecular weight excluding hydrogens is 232 g/mol. The average molecular weight is 266 g/mol. The minimum Gasteiger partial charge on any atom is -0.311 e. The highest BCUT2D eigenvalue weighted by atomic mass is 15.1. The lowest BCUT2D eigenvalue weighted by molar-refractivity contribution is 0.162. The lowest BCUT2D eigenvalue weighted by Crippen LogP contribution is -2.45. The van der Waals surface area contributed by atoms with Crippen molar-refractivity contribution in [3.8, 4) is 0 Å². The molecule has 2 fully saturated rings. The van der Waals surface area contributed by atoms with Crippen LogP contribution in [0.1, 0.15) is 65.7 Å². The van der Waals surface area contributed by atoms with Gasteiger partial charge in [0.25, 0.3) is 0 Å². The van der Waals surface area contributed by atoms with E-state index in [1.165, 1.54) is 64.6 Å². The number of nitrogens with one attached hydrogen (secondary N) is 1. The molecular formula is C17H34N2. The second kappa shape index (κ2) is 7.64. The SMILES string of the molecule is CCN1CCC(C(C)NC2CCCC(C)CC2)CC1. The molecule has 2 rings (SSSR count). The molecule has 1 saturated heterocycles. The molecule has 1 saturated carbocycles. The molecule has 1 N–H and O–H groups in total. The van der Waals surface area contributed by atoms with E-state index < -0.39 is 0 Å². The fourth-order valence-electron chi connectivity index (χ4n) is 3.93. The smallest absolute Gasteiger partial charge is 0.00705 e. The van der Waals surface area contributed by atoms with Crippen LogP contribution in [0.25, 0.3) is 0 Å². The first kappa shape index (κ1) is 15.3. The van der Waals surface area contributed by atoms with Gasteiger partial charge >= 0.3 is 0 Å². The molecule has 0 amide bonds. The summed E-state index contributed by atoms with van der Waals surface area (Å²) in [6.45, 7) is 11.0. The van der Waals surface area contributed by atoms with Crippen molar-refractivity contribution in [1.29, 1.82) is 0 Å². The van der Waals surface area contributed by atoms with Gasteiger partial charge in [0.05, 0.1) is 0 Å². The van der Waals surface area contributed by atoms with Crippen molar-refractivity contribution < 1.29 is 0 Å². The number of nitrogens with zero attached hydrogens (tertiary/aromatic N) is 1. The summed E-state index contributed by atoms with van der Waals surface area (Å²) in [5, 5.41) is 3.96. The van der Waals surface area contributed by atoms with Gasteiger partial charge in [-0.2, -0.15) is 0 Å². The molecule has 0 spiro atoms. The summed E-state index contributed by atoms with van der Waals surface area (Å²) in [7, 11) is 0. The second-order valence-corrected chi connectivity index (χ2v) is 7.04. The molecule has 0 aromatic carbocycles. The van der Waals surface area contributed by atoms with Crippen molar-refractivity contribution in [3.05, 3.63) is 0 Å². The predicted molar refractivity (Wildman–Crippen MR) is 83.5 cm³/mol. The van der Waals surface area contributed by atoms with Crippen molar-refractivity contribution in [3.63, 3.8) is 0 Å². The predicted octanol–water partition coefficient (Wildman–Crippen LogP) is 3.67. The third kappa shape index (κ3) is 4.75. The van der Waals surface area contributed by atoms with E-state index in [2.05, 4.69) is 31.0 Å². The van der Waals surface area contributed by atoms with Crippen molar-refractivity contribution in [1.82, 2.24) is 10.2 Å². The largest absolute Gasteiger partial charge is 0.311 e. The summed E-state index contributed by atoms with van der Waals surface area (Å²) in [5.41, 5.74) is 0. The van der Waals surface area contributed by atoms with Gasteiger partial charge in [-0.05, 0) is 70.5 Å². The number of piperidine rings is 1. The van der Waals surface area contributed by atoms with E-state index in [-0.39, 0.29) is 0 Å². The maximum Gasteiger partial charge on any atom is 0.00705 e. The summed E-state index contributed by atoms with van der Waals surface area (Å²) in [4.78, 5) is 2.59. The van der Waals surface area contributed by atoms with Gasteiger partial charge in [0, 0.05) is 12.1 Å². The molecule has 19 heavy (non-hydrogen) atoms. The normalized spacial score (nSPS) is 33.0. The fourth-order valence-corrected chi connectivity index (χ4v) is 3.93. The fraction of sp³-hybridized carbons (Fsp3) is 1.00. The Morgan fingerprint density at radius 3 is 2.47 bits per heavy atom. The highest BCUT2D eigenvalue weighted by molar-refractivity contribution is 4.83. The van der Waals surface area contributed by atoms with Gasteiger partial charge in [-0.1, -0.05) is 26.7 Å². The Balaban J connectivity index is 1.73. The topological polar surface area (TPSA) is 15.3 Å². The Labute approximate surface area is 120 Å². The first-order valence-corrected chi connectivity index (χ1v) is 8.67. The zero-order valence-corrected chi connectivity index (χ0v) is 13.3. The molecule has 3 unspecified atom stereocenters. The summed E-state index contributed by atoms with van der Waals surface area (Å²) in [5.74, 6) is 1.86. The van der Waals surface area contributed by atoms with Crippen molar-refractivity contribution in [2.75, 3.05) is 19.6 Å². The van der Waals surface area contributed by atoms with E-state index in [0.717, 1.165) is 23.9 Å². The maximum absolute atomic E-state index is 3.96. The van der Waals surface area contributed by atoms with Crippen LogP contribution in [0.3, 0.4) is 0 Å². The third-order valence-electron chi connectivity index (χ3n) is 5.54. The molecule has 0 aromatic heterocycles. The van der Waals surface area contributed by atoms with Crippen molar-refractivity contribution in [2.45, 2.75) is 77.8 Å². The Morgan fingerprint density at radius 1 is 1.05 bits per heavy atom. The molecule has 2 nitrogen and oxygen atoms in total. The van der Waals surface area contributed by atoms with Crippen molar-refractivity contribution in [2.24, 2.45) is 11.8 Å². The molecule has 0 bridgehead atoms. The molecule has 1 aliphatic heterocycles. The van der Waals surface area contributed by atoms with Crippen LogP contribution in [0.2, 0.25) is 0 Å². The van der Waals surface area contributed by atoms with Crippen LogP contribution < -0.4 is 5.32 Å². The van der Waals surface area contributed by atoms with E-state index in [4.69, 9.17) is 0 Å². The van der Waals surface area contributed by atoms with Crippen LogP contribution in [0.15, 0.2) is 0 Å². The van der Waals surface area contributed by atoms with Gasteiger partial charge in [0.15, 0.2) is 0 Å². The highest BCUT2D eigenvalue weighted by Crippen LogP contribution is 2.25. The zero-order chi connectivity index (χ0) is 13.7. The van der Waals surface area contributed by atoms with Gasteiger partial charge < -0.3 is 10.2 Å². The number of hydrogen-bond donors (Lipinski definition) is 1. The van der Waals surface area contributed by atoms with Crippen LogP contribution in [0.5, 0.6) is 0 Å². The summed E-state index contributed by atoms with van der Waals surface area (Å²) >= 11 is 0. The Bertz CT molecular complexity index is 246. The van der Waals surface area contributed by atoms with Crippen LogP contribution in [0.4, 0.5) is 0 Å². The molecule has 3 atom stereocenters. The van der Waals surface area contributed by atoms with Gasteiger partial charge in [0.2, 0.25) is 0 Å². The van der Waals surface area contributed by atoms with Crippen molar-refractivity contribution >= 4 is 0 Å². The van der Waals surface area contributed by atoms with E-state index in [0.29, 0.717) is 0 Å². The molecule has 0 aromatic rings. The molecule has 0 radical (unpaired) electrons. The average Bonchev–Trinajstić information content (AvgIpc) is 2.64.